The van der Waals surface area contributed by atoms with Gasteiger partial charge in [0.2, 0.25) is 0 Å². The summed E-state index contributed by atoms with van der Waals surface area (Å²) in [6, 6.07) is 0. The number of carboxylic acid groups (broad SMARTS) is 1. The Morgan fingerprint density at radius 1 is 0.810 bits per heavy atom. The van der Waals surface area contributed by atoms with Crippen LogP contribution >= 0.6 is 12.6 Å². The van der Waals surface area contributed by atoms with Crippen molar-refractivity contribution >= 4 is 18.6 Å². The average Bonchev–Trinajstić information content (AvgIpc) is 2.46. The van der Waals surface area contributed by atoms with Gasteiger partial charge < -0.3 is 5.11 Å². The highest BCUT2D eigenvalue weighted by molar-refractivity contribution is 7.80. The fraction of sp³-hybridized carbons (Fsp3) is 0.944. The van der Waals surface area contributed by atoms with Crippen LogP contribution in [0.25, 0.3) is 0 Å². The molecule has 0 aromatic carbocycles. The van der Waals surface area contributed by atoms with Crippen LogP contribution in [0.15, 0.2) is 0 Å². The van der Waals surface area contributed by atoms with Gasteiger partial charge in [-0.25, -0.2) is 0 Å². The molecule has 0 fully saturated rings. The second-order valence-electron chi connectivity index (χ2n) is 6.24. The third kappa shape index (κ3) is 17.8. The number of carbonyl (C=O) groups is 1. The Hall–Kier alpha value is -0.180. The van der Waals surface area contributed by atoms with E-state index in [2.05, 4.69) is 19.6 Å². The zero-order chi connectivity index (χ0) is 15.8. The third-order valence-electron chi connectivity index (χ3n) is 4.15. The van der Waals surface area contributed by atoms with E-state index in [-0.39, 0.29) is 0 Å². The molecule has 21 heavy (non-hydrogen) atoms. The first-order valence-corrected chi connectivity index (χ1v) is 9.58. The molecule has 1 atom stereocenters. The van der Waals surface area contributed by atoms with Crippen LogP contribution < -0.4 is 0 Å². The van der Waals surface area contributed by atoms with Crippen LogP contribution in [0, 0.1) is 0 Å². The molecule has 0 rings (SSSR count). The monoisotopic (exact) mass is 316 g/mol. The van der Waals surface area contributed by atoms with Gasteiger partial charge in [0, 0.05) is 11.7 Å². The molecule has 0 bridgehead atoms. The van der Waals surface area contributed by atoms with Crippen molar-refractivity contribution in [1.82, 2.24) is 0 Å². The molecule has 0 aliphatic carbocycles. The van der Waals surface area contributed by atoms with Crippen LogP contribution in [0.1, 0.15) is 103 Å². The number of unbranched alkanes of at least 4 members (excludes halogenated alkanes) is 11. The van der Waals surface area contributed by atoms with E-state index in [0.717, 1.165) is 12.8 Å². The van der Waals surface area contributed by atoms with Gasteiger partial charge in [0.15, 0.2) is 0 Å². The quantitative estimate of drug-likeness (QED) is 0.261. The van der Waals surface area contributed by atoms with Crippen LogP contribution in [0.2, 0.25) is 0 Å². The number of thiol groups is 1. The van der Waals surface area contributed by atoms with Crippen LogP contribution in [-0.2, 0) is 4.79 Å². The van der Waals surface area contributed by atoms with Gasteiger partial charge in [-0.1, -0.05) is 77.6 Å². The van der Waals surface area contributed by atoms with E-state index in [4.69, 9.17) is 5.11 Å². The van der Waals surface area contributed by atoms with E-state index in [0.29, 0.717) is 11.7 Å². The Labute approximate surface area is 137 Å². The van der Waals surface area contributed by atoms with E-state index >= 15 is 0 Å². The maximum Gasteiger partial charge on any atom is 0.303 e. The van der Waals surface area contributed by atoms with Crippen LogP contribution in [0.3, 0.4) is 0 Å². The van der Waals surface area contributed by atoms with E-state index in [1.165, 1.54) is 77.0 Å². The Bertz CT molecular complexity index is 231. The normalized spacial score (nSPS) is 12.5. The summed E-state index contributed by atoms with van der Waals surface area (Å²) in [4.78, 5) is 10.3. The Morgan fingerprint density at radius 3 is 1.57 bits per heavy atom. The van der Waals surface area contributed by atoms with Gasteiger partial charge in [0.1, 0.15) is 0 Å². The maximum absolute atomic E-state index is 10.3. The van der Waals surface area contributed by atoms with Crippen molar-refractivity contribution in [3.05, 3.63) is 0 Å². The smallest absolute Gasteiger partial charge is 0.303 e. The molecule has 3 heteroatoms. The second kappa shape index (κ2) is 16.2. The summed E-state index contributed by atoms with van der Waals surface area (Å²) in [7, 11) is 0. The molecule has 0 aliphatic heterocycles. The van der Waals surface area contributed by atoms with Gasteiger partial charge in [-0.3, -0.25) is 4.79 Å². The molecule has 1 N–H and O–H groups in total. The summed E-state index contributed by atoms with van der Waals surface area (Å²) in [5.74, 6) is -0.658. The van der Waals surface area contributed by atoms with Gasteiger partial charge in [-0.2, -0.15) is 12.6 Å². The molecule has 0 saturated heterocycles. The first-order chi connectivity index (χ1) is 10.2. The molecule has 0 amide bonds. The molecule has 0 aromatic heterocycles. The average molecular weight is 317 g/mol. The molecular weight excluding hydrogens is 280 g/mol. The Kier molecular flexibility index (Phi) is 16.1. The molecule has 0 spiro atoms. The van der Waals surface area contributed by atoms with Crippen molar-refractivity contribution in [2.75, 3.05) is 0 Å². The van der Waals surface area contributed by atoms with Crippen LogP contribution in [0.4, 0.5) is 0 Å². The number of aliphatic carboxylic acids is 1. The van der Waals surface area contributed by atoms with Crippen molar-refractivity contribution in [1.29, 1.82) is 0 Å². The molecule has 0 aromatic rings. The lowest BCUT2D eigenvalue weighted by atomic mass is 10.0. The highest BCUT2D eigenvalue weighted by Gasteiger charge is 1.99. The lowest BCUT2D eigenvalue weighted by Gasteiger charge is -2.06. The summed E-state index contributed by atoms with van der Waals surface area (Å²) < 4.78 is 0. The predicted octanol–water partition coefficient (Wildman–Crippen LogP) is 6.24. The minimum absolute atomic E-state index is 0.340. The van der Waals surface area contributed by atoms with E-state index in [1.54, 1.807) is 0 Å². The zero-order valence-electron chi connectivity index (χ0n) is 14.0. The Morgan fingerprint density at radius 2 is 1.19 bits per heavy atom. The molecule has 2 nitrogen and oxygen atoms in total. The molecule has 126 valence electrons. The summed E-state index contributed by atoms with van der Waals surface area (Å²) in [5, 5.41) is 9.14. The first-order valence-electron chi connectivity index (χ1n) is 9.06. The molecule has 0 saturated carbocycles. The third-order valence-corrected chi connectivity index (χ3v) is 4.77. The lowest BCUT2D eigenvalue weighted by Crippen LogP contribution is -1.95. The van der Waals surface area contributed by atoms with Gasteiger partial charge >= 0.3 is 5.97 Å². The van der Waals surface area contributed by atoms with E-state index in [1.807, 2.05) is 0 Å². The van der Waals surface area contributed by atoms with E-state index in [9.17, 15) is 4.79 Å². The standard InChI is InChI=1S/C18H36O2S/c1-2-17(21)15-13-11-9-7-5-3-4-6-8-10-12-14-16-18(19)20/h17,21H,2-16H2,1H3,(H,19,20). The Balaban J connectivity index is 3.01. The van der Waals surface area contributed by atoms with Crippen molar-refractivity contribution in [2.24, 2.45) is 0 Å². The highest BCUT2D eigenvalue weighted by Crippen LogP contribution is 2.15. The van der Waals surface area contributed by atoms with Gasteiger partial charge in [0.05, 0.1) is 0 Å². The van der Waals surface area contributed by atoms with Gasteiger partial charge in [0.25, 0.3) is 0 Å². The van der Waals surface area contributed by atoms with E-state index < -0.39 is 5.97 Å². The molecule has 0 heterocycles. The molecular formula is C18H36O2S. The zero-order valence-corrected chi connectivity index (χ0v) is 14.9. The maximum atomic E-state index is 10.3. The molecule has 0 aliphatic rings. The van der Waals surface area contributed by atoms with Gasteiger partial charge in [-0.15, -0.1) is 0 Å². The predicted molar refractivity (Wildman–Crippen MR) is 95.3 cm³/mol. The number of hydrogen-bond donors (Lipinski definition) is 2. The summed E-state index contributed by atoms with van der Waals surface area (Å²) >= 11 is 4.52. The van der Waals surface area contributed by atoms with Crippen molar-refractivity contribution < 1.29 is 9.90 Å². The molecule has 0 radical (unpaired) electrons. The minimum atomic E-state index is -0.658. The number of carboxylic acids is 1. The fourth-order valence-corrected chi connectivity index (χ4v) is 2.81. The van der Waals surface area contributed by atoms with Crippen molar-refractivity contribution in [3.8, 4) is 0 Å². The SMILES string of the molecule is CCC(S)CCCCCCCCCCCCCCC(=O)O. The minimum Gasteiger partial charge on any atom is -0.481 e. The first kappa shape index (κ1) is 20.8. The lowest BCUT2D eigenvalue weighted by molar-refractivity contribution is -0.137. The largest absolute Gasteiger partial charge is 0.481 e. The number of rotatable bonds is 16. The second-order valence-corrected chi connectivity index (χ2v) is 6.97. The number of hydrogen-bond acceptors (Lipinski definition) is 2. The van der Waals surface area contributed by atoms with Crippen LogP contribution in [-0.4, -0.2) is 16.3 Å². The summed E-state index contributed by atoms with van der Waals surface area (Å²) in [5.41, 5.74) is 0. The van der Waals surface area contributed by atoms with Crippen LogP contribution in [0.5, 0.6) is 0 Å². The summed E-state index contributed by atoms with van der Waals surface area (Å²) in [6.45, 7) is 2.21. The summed E-state index contributed by atoms with van der Waals surface area (Å²) in [6.07, 6.45) is 18.2. The fourth-order valence-electron chi connectivity index (χ4n) is 2.63. The molecule has 1 unspecified atom stereocenters. The van der Waals surface area contributed by atoms with Crippen molar-refractivity contribution in [3.63, 3.8) is 0 Å². The highest BCUT2D eigenvalue weighted by atomic mass is 32.1. The van der Waals surface area contributed by atoms with Crippen molar-refractivity contribution in [2.45, 2.75) is 108 Å². The topological polar surface area (TPSA) is 37.3 Å². The van der Waals surface area contributed by atoms with Gasteiger partial charge in [-0.05, 0) is 19.3 Å².